The van der Waals surface area contributed by atoms with Crippen LogP contribution >= 0.6 is 23.8 Å². The predicted octanol–water partition coefficient (Wildman–Crippen LogP) is 1.64. The number of halogens is 2. The van der Waals surface area contributed by atoms with Crippen molar-refractivity contribution in [3.8, 4) is 0 Å². The SMILES string of the molecule is NNC(=S)Nc1ccc(F)c(Cl)c1. The normalized spacial score (nSPS) is 9.46. The van der Waals surface area contributed by atoms with E-state index in [1.54, 1.807) is 0 Å². The fourth-order valence-electron chi connectivity index (χ4n) is 0.741. The zero-order valence-electron chi connectivity index (χ0n) is 6.47. The molecule has 0 saturated heterocycles. The maximum absolute atomic E-state index is 12.7. The first-order valence-corrected chi connectivity index (χ1v) is 4.15. The Morgan fingerprint density at radius 2 is 2.23 bits per heavy atom. The molecule has 0 aliphatic rings. The lowest BCUT2D eigenvalue weighted by molar-refractivity contribution is 0.628. The fraction of sp³-hybridized carbons (Fsp3) is 0. The third kappa shape index (κ3) is 2.80. The van der Waals surface area contributed by atoms with Gasteiger partial charge in [0, 0.05) is 5.69 Å². The molecule has 13 heavy (non-hydrogen) atoms. The molecule has 0 aromatic heterocycles. The van der Waals surface area contributed by atoms with E-state index in [1.807, 2.05) is 0 Å². The molecule has 0 amide bonds. The van der Waals surface area contributed by atoms with Crippen molar-refractivity contribution in [3.63, 3.8) is 0 Å². The second-order valence-corrected chi connectivity index (χ2v) is 3.04. The van der Waals surface area contributed by atoms with Crippen molar-refractivity contribution in [1.82, 2.24) is 5.43 Å². The number of hydrogen-bond acceptors (Lipinski definition) is 2. The molecule has 0 saturated carbocycles. The number of anilines is 1. The van der Waals surface area contributed by atoms with Gasteiger partial charge in [0.2, 0.25) is 0 Å². The van der Waals surface area contributed by atoms with Gasteiger partial charge in [-0.15, -0.1) is 0 Å². The molecule has 0 fully saturated rings. The van der Waals surface area contributed by atoms with Crippen LogP contribution < -0.4 is 16.6 Å². The summed E-state index contributed by atoms with van der Waals surface area (Å²) in [5.41, 5.74) is 2.81. The predicted molar refractivity (Wildman–Crippen MR) is 55.0 cm³/mol. The quantitative estimate of drug-likeness (QED) is 0.382. The highest BCUT2D eigenvalue weighted by molar-refractivity contribution is 7.80. The highest BCUT2D eigenvalue weighted by atomic mass is 35.5. The molecule has 1 rings (SSSR count). The number of hydrogen-bond donors (Lipinski definition) is 3. The number of nitrogens with one attached hydrogen (secondary N) is 2. The molecule has 0 spiro atoms. The van der Waals surface area contributed by atoms with Gasteiger partial charge in [0.15, 0.2) is 5.11 Å². The van der Waals surface area contributed by atoms with Crippen LogP contribution in [0, 0.1) is 5.82 Å². The van der Waals surface area contributed by atoms with E-state index < -0.39 is 5.82 Å². The lowest BCUT2D eigenvalue weighted by Crippen LogP contribution is -2.34. The van der Waals surface area contributed by atoms with Crippen LogP contribution in [0.2, 0.25) is 5.02 Å². The van der Waals surface area contributed by atoms with E-state index in [1.165, 1.54) is 18.2 Å². The van der Waals surface area contributed by atoms with Gasteiger partial charge in [-0.05, 0) is 30.4 Å². The van der Waals surface area contributed by atoms with Gasteiger partial charge in [-0.2, -0.15) is 0 Å². The smallest absolute Gasteiger partial charge is 0.185 e. The van der Waals surface area contributed by atoms with E-state index in [-0.39, 0.29) is 10.1 Å². The Labute approximate surface area is 85.0 Å². The van der Waals surface area contributed by atoms with Gasteiger partial charge < -0.3 is 10.7 Å². The molecule has 0 heterocycles. The minimum atomic E-state index is -0.473. The van der Waals surface area contributed by atoms with Crippen molar-refractivity contribution in [1.29, 1.82) is 0 Å². The van der Waals surface area contributed by atoms with Crippen LogP contribution in [-0.4, -0.2) is 5.11 Å². The molecule has 1 aromatic carbocycles. The van der Waals surface area contributed by atoms with E-state index in [2.05, 4.69) is 10.7 Å². The molecule has 70 valence electrons. The van der Waals surface area contributed by atoms with Crippen LogP contribution in [0.15, 0.2) is 18.2 Å². The van der Waals surface area contributed by atoms with E-state index in [0.717, 1.165) is 0 Å². The maximum Gasteiger partial charge on any atom is 0.185 e. The first-order valence-electron chi connectivity index (χ1n) is 3.36. The molecule has 0 bridgehead atoms. The molecule has 0 unspecified atom stereocenters. The second kappa shape index (κ2) is 4.36. The number of thiocarbonyl (C=S) groups is 1. The molecule has 4 N–H and O–H groups in total. The third-order valence-electron chi connectivity index (χ3n) is 1.31. The monoisotopic (exact) mass is 219 g/mol. The Morgan fingerprint density at radius 3 is 2.77 bits per heavy atom. The lowest BCUT2D eigenvalue weighted by atomic mass is 10.3. The minimum absolute atomic E-state index is 0.0322. The topological polar surface area (TPSA) is 50.1 Å². The zero-order chi connectivity index (χ0) is 9.84. The van der Waals surface area contributed by atoms with Crippen LogP contribution in [0.25, 0.3) is 0 Å². The van der Waals surface area contributed by atoms with E-state index >= 15 is 0 Å². The fourth-order valence-corrected chi connectivity index (χ4v) is 1.04. The Bertz CT molecular complexity index is 332. The van der Waals surface area contributed by atoms with E-state index in [9.17, 15) is 4.39 Å². The molecule has 0 atom stereocenters. The van der Waals surface area contributed by atoms with Crippen LogP contribution in [0.4, 0.5) is 10.1 Å². The minimum Gasteiger partial charge on any atom is -0.332 e. The lowest BCUT2D eigenvalue weighted by Gasteiger charge is -2.06. The van der Waals surface area contributed by atoms with Crippen molar-refractivity contribution in [2.24, 2.45) is 5.84 Å². The molecule has 1 aromatic rings. The molecule has 0 aliphatic carbocycles. The highest BCUT2D eigenvalue weighted by Crippen LogP contribution is 2.18. The summed E-state index contributed by atoms with van der Waals surface area (Å²) in [6, 6.07) is 4.16. The molecule has 6 heteroatoms. The molecule has 0 radical (unpaired) electrons. The summed E-state index contributed by atoms with van der Waals surface area (Å²) in [6.07, 6.45) is 0. The number of nitrogens with two attached hydrogens (primary N) is 1. The van der Waals surface area contributed by atoms with Crippen LogP contribution in [0.3, 0.4) is 0 Å². The Balaban J connectivity index is 2.79. The molecule has 3 nitrogen and oxygen atoms in total. The summed E-state index contributed by atoms with van der Waals surface area (Å²) in [7, 11) is 0. The molecule has 0 aliphatic heterocycles. The number of benzene rings is 1. The summed E-state index contributed by atoms with van der Waals surface area (Å²) in [6.45, 7) is 0. The summed E-state index contributed by atoms with van der Waals surface area (Å²) in [4.78, 5) is 0. The van der Waals surface area contributed by atoms with E-state index in [4.69, 9.17) is 29.7 Å². The maximum atomic E-state index is 12.7. The first kappa shape index (κ1) is 10.2. The van der Waals surface area contributed by atoms with Crippen molar-refractivity contribution in [3.05, 3.63) is 29.0 Å². The Morgan fingerprint density at radius 1 is 1.54 bits per heavy atom. The van der Waals surface area contributed by atoms with Gasteiger partial charge in [-0.1, -0.05) is 11.6 Å². The number of rotatable bonds is 1. The average Bonchev–Trinajstić information content (AvgIpc) is 2.11. The van der Waals surface area contributed by atoms with Crippen molar-refractivity contribution in [2.75, 3.05) is 5.32 Å². The van der Waals surface area contributed by atoms with Gasteiger partial charge in [-0.25, -0.2) is 10.2 Å². The van der Waals surface area contributed by atoms with Crippen LogP contribution in [-0.2, 0) is 0 Å². The van der Waals surface area contributed by atoms with Crippen molar-refractivity contribution >= 4 is 34.6 Å². The van der Waals surface area contributed by atoms with Crippen LogP contribution in [0.5, 0.6) is 0 Å². The first-order chi connectivity index (χ1) is 6.13. The molecular formula is C7H7ClFN3S. The van der Waals surface area contributed by atoms with Gasteiger partial charge in [0.25, 0.3) is 0 Å². The van der Waals surface area contributed by atoms with Crippen molar-refractivity contribution in [2.45, 2.75) is 0 Å². The summed E-state index contributed by atoms with van der Waals surface area (Å²) >= 11 is 10.3. The highest BCUT2D eigenvalue weighted by Gasteiger charge is 2.01. The van der Waals surface area contributed by atoms with Crippen LogP contribution in [0.1, 0.15) is 0 Å². The van der Waals surface area contributed by atoms with E-state index in [0.29, 0.717) is 5.69 Å². The third-order valence-corrected chi connectivity index (χ3v) is 1.82. The Kier molecular flexibility index (Phi) is 3.41. The Hall–Kier alpha value is -0.910. The van der Waals surface area contributed by atoms with Gasteiger partial charge in [0.05, 0.1) is 5.02 Å². The summed E-state index contributed by atoms with van der Waals surface area (Å²) in [5, 5.41) is 2.97. The summed E-state index contributed by atoms with van der Waals surface area (Å²) < 4.78 is 12.7. The molecular weight excluding hydrogens is 213 g/mol. The second-order valence-electron chi connectivity index (χ2n) is 2.23. The average molecular weight is 220 g/mol. The van der Waals surface area contributed by atoms with Gasteiger partial charge in [0.1, 0.15) is 5.82 Å². The number of hydrazine groups is 1. The standard InChI is InChI=1S/C7H7ClFN3S/c8-5-3-4(1-2-6(5)9)11-7(13)12-10/h1-3H,10H2,(H2,11,12,13). The van der Waals surface area contributed by atoms with Gasteiger partial charge >= 0.3 is 0 Å². The largest absolute Gasteiger partial charge is 0.332 e. The summed E-state index contributed by atoms with van der Waals surface area (Å²) in [5.74, 6) is 4.55. The zero-order valence-corrected chi connectivity index (χ0v) is 8.05. The van der Waals surface area contributed by atoms with Gasteiger partial charge in [-0.3, -0.25) is 0 Å². The van der Waals surface area contributed by atoms with Crippen molar-refractivity contribution < 1.29 is 4.39 Å².